The minimum absolute atomic E-state index is 0.335. The van der Waals surface area contributed by atoms with Crippen molar-refractivity contribution >= 4 is 5.57 Å². The molecule has 0 saturated carbocycles. The van der Waals surface area contributed by atoms with Gasteiger partial charge in [-0.3, -0.25) is 0 Å². The molecule has 0 bridgehead atoms. The van der Waals surface area contributed by atoms with Crippen molar-refractivity contribution in [1.82, 2.24) is 5.32 Å². The minimum Gasteiger partial charge on any atom is -0.316 e. The Bertz CT molecular complexity index is 472. The van der Waals surface area contributed by atoms with E-state index in [0.717, 1.165) is 37.6 Å². The molecule has 1 aromatic carbocycles. The average molecular weight is 234 g/mol. The van der Waals surface area contributed by atoms with Crippen LogP contribution < -0.4 is 5.32 Å². The SMILES string of the molecule is N#CC(=C1CCNCC1)c1cc(F)cc(F)c1. The van der Waals surface area contributed by atoms with E-state index in [1.807, 2.05) is 0 Å². The first-order valence-corrected chi connectivity index (χ1v) is 5.50. The van der Waals surface area contributed by atoms with Gasteiger partial charge in [0, 0.05) is 6.07 Å². The lowest BCUT2D eigenvalue weighted by Crippen LogP contribution is -2.23. The predicted octanol–water partition coefficient (Wildman–Crippen LogP) is 2.63. The van der Waals surface area contributed by atoms with Gasteiger partial charge in [0.15, 0.2) is 0 Å². The van der Waals surface area contributed by atoms with Crippen molar-refractivity contribution in [3.63, 3.8) is 0 Å². The molecule has 0 aliphatic carbocycles. The van der Waals surface area contributed by atoms with Gasteiger partial charge in [-0.1, -0.05) is 0 Å². The van der Waals surface area contributed by atoms with Gasteiger partial charge in [0.2, 0.25) is 0 Å². The van der Waals surface area contributed by atoms with Crippen LogP contribution in [0.1, 0.15) is 18.4 Å². The molecular weight excluding hydrogens is 222 g/mol. The van der Waals surface area contributed by atoms with Gasteiger partial charge in [-0.05, 0) is 49.2 Å². The highest BCUT2D eigenvalue weighted by molar-refractivity contribution is 5.79. The molecule has 1 heterocycles. The van der Waals surface area contributed by atoms with Crippen molar-refractivity contribution in [2.24, 2.45) is 0 Å². The lowest BCUT2D eigenvalue weighted by molar-refractivity contribution is 0.582. The first-order valence-electron chi connectivity index (χ1n) is 5.50. The van der Waals surface area contributed by atoms with Gasteiger partial charge in [0.1, 0.15) is 11.6 Å². The molecule has 1 aliphatic rings. The lowest BCUT2D eigenvalue weighted by Gasteiger charge is -2.17. The van der Waals surface area contributed by atoms with Gasteiger partial charge in [-0.25, -0.2) is 8.78 Å². The van der Waals surface area contributed by atoms with E-state index in [9.17, 15) is 8.78 Å². The summed E-state index contributed by atoms with van der Waals surface area (Å²) < 4.78 is 26.2. The third-order valence-corrected chi connectivity index (χ3v) is 2.82. The lowest BCUT2D eigenvalue weighted by atomic mass is 9.94. The van der Waals surface area contributed by atoms with Crippen LogP contribution in [0.5, 0.6) is 0 Å². The average Bonchev–Trinajstić information content (AvgIpc) is 2.30. The second-order valence-electron chi connectivity index (χ2n) is 4.00. The van der Waals surface area contributed by atoms with E-state index in [1.165, 1.54) is 12.1 Å². The van der Waals surface area contributed by atoms with Gasteiger partial charge in [0.25, 0.3) is 0 Å². The van der Waals surface area contributed by atoms with Gasteiger partial charge >= 0.3 is 0 Å². The number of hydrogen-bond donors (Lipinski definition) is 1. The number of allylic oxidation sites excluding steroid dienone is 1. The molecule has 0 unspecified atom stereocenters. The molecular formula is C13H12F2N2. The summed E-state index contributed by atoms with van der Waals surface area (Å²) in [4.78, 5) is 0. The molecule has 2 nitrogen and oxygen atoms in total. The fourth-order valence-electron chi connectivity index (χ4n) is 2.02. The molecule has 17 heavy (non-hydrogen) atoms. The van der Waals surface area contributed by atoms with Crippen LogP contribution in [0.2, 0.25) is 0 Å². The fraction of sp³-hybridized carbons (Fsp3) is 0.308. The van der Waals surface area contributed by atoms with E-state index in [-0.39, 0.29) is 0 Å². The second-order valence-corrected chi connectivity index (χ2v) is 4.00. The topological polar surface area (TPSA) is 35.8 Å². The standard InChI is InChI=1S/C13H12F2N2/c14-11-5-10(6-12(15)7-11)13(8-16)9-1-3-17-4-2-9/h5-7,17H,1-4H2. The summed E-state index contributed by atoms with van der Waals surface area (Å²) in [5.41, 5.74) is 1.71. The first kappa shape index (κ1) is 11.7. The molecule has 0 amide bonds. The minimum atomic E-state index is -0.651. The van der Waals surface area contributed by atoms with E-state index >= 15 is 0 Å². The van der Waals surface area contributed by atoms with Crippen LogP contribution in [0.25, 0.3) is 5.57 Å². The Morgan fingerprint density at radius 3 is 2.24 bits per heavy atom. The maximum absolute atomic E-state index is 13.1. The summed E-state index contributed by atoms with van der Waals surface area (Å²) in [5.74, 6) is -1.30. The van der Waals surface area contributed by atoms with Gasteiger partial charge in [0.05, 0.1) is 11.6 Å². The molecule has 4 heteroatoms. The smallest absolute Gasteiger partial charge is 0.126 e. The molecule has 2 rings (SSSR count). The summed E-state index contributed by atoms with van der Waals surface area (Å²) in [5, 5.41) is 12.3. The van der Waals surface area contributed by atoms with E-state index in [4.69, 9.17) is 5.26 Å². The van der Waals surface area contributed by atoms with Gasteiger partial charge in [-0.2, -0.15) is 5.26 Å². The van der Waals surface area contributed by atoms with Crippen LogP contribution in [0.4, 0.5) is 8.78 Å². The number of halogens is 2. The maximum atomic E-state index is 13.1. The van der Waals surface area contributed by atoms with E-state index < -0.39 is 11.6 Å². The predicted molar refractivity (Wildman–Crippen MR) is 61.0 cm³/mol. The molecule has 88 valence electrons. The zero-order chi connectivity index (χ0) is 12.3. The van der Waals surface area contributed by atoms with E-state index in [1.54, 1.807) is 0 Å². The number of rotatable bonds is 1. The molecule has 1 saturated heterocycles. The molecule has 0 spiro atoms. The number of piperidine rings is 1. The van der Waals surface area contributed by atoms with Crippen LogP contribution in [-0.4, -0.2) is 13.1 Å². The number of hydrogen-bond acceptors (Lipinski definition) is 2. The zero-order valence-electron chi connectivity index (χ0n) is 9.26. The van der Waals surface area contributed by atoms with Crippen molar-refractivity contribution in [3.8, 4) is 6.07 Å². The van der Waals surface area contributed by atoms with E-state index in [0.29, 0.717) is 11.1 Å². The monoisotopic (exact) mass is 234 g/mol. The first-order chi connectivity index (χ1) is 8.20. The number of nitrogens with one attached hydrogen (secondary N) is 1. The highest BCUT2D eigenvalue weighted by Gasteiger charge is 2.13. The molecule has 1 aliphatic heterocycles. The zero-order valence-corrected chi connectivity index (χ0v) is 9.26. The quantitative estimate of drug-likeness (QED) is 0.758. The van der Waals surface area contributed by atoms with Crippen molar-refractivity contribution in [1.29, 1.82) is 5.26 Å². The fourth-order valence-corrected chi connectivity index (χ4v) is 2.02. The molecule has 0 radical (unpaired) electrons. The largest absolute Gasteiger partial charge is 0.316 e. The highest BCUT2D eigenvalue weighted by Crippen LogP contribution is 2.25. The van der Waals surface area contributed by atoms with Gasteiger partial charge in [-0.15, -0.1) is 0 Å². The van der Waals surface area contributed by atoms with Crippen molar-refractivity contribution in [2.45, 2.75) is 12.8 Å². The van der Waals surface area contributed by atoms with Crippen molar-refractivity contribution in [3.05, 3.63) is 41.0 Å². The summed E-state index contributed by atoms with van der Waals surface area (Å²) >= 11 is 0. The Morgan fingerprint density at radius 2 is 1.71 bits per heavy atom. The second kappa shape index (κ2) is 5.07. The van der Waals surface area contributed by atoms with Crippen LogP contribution in [0.15, 0.2) is 23.8 Å². The molecule has 0 aromatic heterocycles. The molecule has 0 atom stereocenters. The Hall–Kier alpha value is -1.73. The Balaban J connectivity index is 2.44. The van der Waals surface area contributed by atoms with E-state index in [2.05, 4.69) is 11.4 Å². The van der Waals surface area contributed by atoms with Crippen molar-refractivity contribution in [2.75, 3.05) is 13.1 Å². The Labute approximate surface area is 98.6 Å². The normalized spacial score (nSPS) is 15.5. The Kier molecular flexibility index (Phi) is 3.50. The molecule has 1 fully saturated rings. The molecule has 1 N–H and O–H groups in total. The number of nitrogens with zero attached hydrogens (tertiary/aromatic N) is 1. The van der Waals surface area contributed by atoms with Crippen molar-refractivity contribution < 1.29 is 8.78 Å². The highest BCUT2D eigenvalue weighted by atomic mass is 19.1. The third kappa shape index (κ3) is 2.69. The van der Waals surface area contributed by atoms with Crippen LogP contribution in [0.3, 0.4) is 0 Å². The number of nitriles is 1. The summed E-state index contributed by atoms with van der Waals surface area (Å²) in [6.07, 6.45) is 1.50. The van der Waals surface area contributed by atoms with Gasteiger partial charge < -0.3 is 5.32 Å². The van der Waals surface area contributed by atoms with Crippen LogP contribution in [-0.2, 0) is 0 Å². The summed E-state index contributed by atoms with van der Waals surface area (Å²) in [6.45, 7) is 1.61. The summed E-state index contributed by atoms with van der Waals surface area (Å²) in [7, 11) is 0. The molecule has 1 aromatic rings. The number of benzene rings is 1. The summed E-state index contributed by atoms with van der Waals surface area (Å²) in [6, 6.07) is 5.28. The Morgan fingerprint density at radius 1 is 1.12 bits per heavy atom. The maximum Gasteiger partial charge on any atom is 0.126 e. The van der Waals surface area contributed by atoms with Crippen LogP contribution >= 0.6 is 0 Å². The third-order valence-electron chi connectivity index (χ3n) is 2.82. The van der Waals surface area contributed by atoms with Crippen LogP contribution in [0, 0.1) is 23.0 Å².